The topological polar surface area (TPSA) is 130 Å². The first-order valence-corrected chi connectivity index (χ1v) is 27.5. The van der Waals surface area contributed by atoms with E-state index in [4.69, 9.17) is 0 Å². The molecule has 99 heavy (non-hydrogen) atoms. The Morgan fingerprint density at radius 2 is 0.343 bits per heavy atom. The molecule has 0 aliphatic heterocycles. The number of rotatable bonds is 37. The van der Waals surface area contributed by atoms with E-state index in [9.17, 15) is 249 Å². The van der Waals surface area contributed by atoms with Crippen LogP contribution in [-0.2, 0) is 42.9 Å². The molecule has 0 radical (unpaired) electrons. The van der Waals surface area contributed by atoms with Crippen LogP contribution in [0.3, 0.4) is 0 Å². The van der Waals surface area contributed by atoms with Crippen LogP contribution in [0.2, 0.25) is 0 Å². The van der Waals surface area contributed by atoms with E-state index in [-0.39, 0.29) is 0 Å². The van der Waals surface area contributed by atoms with Gasteiger partial charge in [-0.05, 0) is 6.92 Å². The fourth-order valence-electron chi connectivity index (χ4n) is 6.26. The Morgan fingerprint density at radius 3 is 0.505 bits per heavy atom. The molecule has 0 aliphatic carbocycles. The fourth-order valence-corrected chi connectivity index (χ4v) is 9.56. The molecule has 0 aromatic rings. The van der Waals surface area contributed by atoms with E-state index in [1.165, 1.54) is 0 Å². The lowest BCUT2D eigenvalue weighted by molar-refractivity contribution is -0.461. The first-order chi connectivity index (χ1) is 42.0. The van der Waals surface area contributed by atoms with Gasteiger partial charge in [-0.15, -0.1) is 0 Å². The summed E-state index contributed by atoms with van der Waals surface area (Å²) in [6.07, 6.45) is -42.0. The molecule has 0 aromatic carbocycles. The van der Waals surface area contributed by atoms with Crippen LogP contribution in [0.4, 0.5) is 224 Å². The molecule has 63 heteroatoms. The lowest BCUT2D eigenvalue weighted by atomic mass is 9.88. The van der Waals surface area contributed by atoms with E-state index in [0.717, 1.165) is 0 Å². The van der Waals surface area contributed by atoms with E-state index < -0.39 is 248 Å². The van der Waals surface area contributed by atoms with Gasteiger partial charge in [-0.2, -0.15) is 249 Å². The van der Waals surface area contributed by atoms with E-state index in [1.807, 2.05) is 0 Å². The summed E-state index contributed by atoms with van der Waals surface area (Å²) in [6.45, 7) is -5.72. The SMILES string of the molecule is CC(CCOS(=O)(=O)CCC(F)(F)C(F)(F)C(F)(F)C(F)(F)C(F)(F)C(F)(F)C(F)(F)C(F)(F)F)(CCOS(=O)(=O)CCC(F)(F)C(F)(F)C(F)(F)C(F)(F)C(F)(F)C(F)(F)C(F)(F)C(F)(F)F)OS(=O)(=O)CCC(F)(F)C(F)(F)C(F)(F)C(F)(F)C(F)(F)C(F)(F)C(F)(F)C(F)(F)F. The lowest BCUT2D eigenvalue weighted by Gasteiger charge is -2.42. The predicted octanol–water partition coefficient (Wildman–Crippen LogP) is 16.8. The zero-order valence-corrected chi connectivity index (χ0v) is 47.2. The average Bonchev–Trinajstić information content (AvgIpc) is 0.707. The standard InChI is InChI=1S/C36H23F51O9S3/c1-12(96-99(92,93)11-6-15(41,42)18(47,48)21(53,54)24(59,60)27(65,66)30(71,72)33(77,78)36(85,86)87,2-7-94-97(88,89)9-4-13(37,38)16(43,44)19(49,50)22(55,56)25(61,62)28(67,68)31(73,74)34(79,80)81)3-8-95-98(90,91)10-5-14(39,40)17(45,46)20(51,52)23(57,58)26(63,64)29(69,70)32(75,76)35(82,83)84/h2-11H2,1H3. The second kappa shape index (κ2) is 26.0. The molecule has 0 saturated heterocycles. The van der Waals surface area contributed by atoms with Crippen molar-refractivity contribution in [2.75, 3.05) is 30.5 Å². The van der Waals surface area contributed by atoms with Crippen LogP contribution in [0.25, 0.3) is 0 Å². The van der Waals surface area contributed by atoms with Gasteiger partial charge in [0.05, 0.1) is 36.1 Å². The van der Waals surface area contributed by atoms with Gasteiger partial charge in [0.2, 0.25) is 0 Å². The van der Waals surface area contributed by atoms with Crippen molar-refractivity contribution in [1.29, 1.82) is 0 Å². The van der Waals surface area contributed by atoms with Gasteiger partial charge >= 0.3 is 143 Å². The minimum absolute atomic E-state index is 0.432. The Balaban J connectivity index is 7.62. The summed E-state index contributed by atoms with van der Waals surface area (Å²) in [5, 5.41) is 0. The van der Waals surface area contributed by atoms with Crippen molar-refractivity contribution in [1.82, 2.24) is 0 Å². The smallest absolute Gasteiger partial charge is 0.270 e. The summed E-state index contributed by atoms with van der Waals surface area (Å²) in [5.41, 5.74) is -4.07. The van der Waals surface area contributed by atoms with Gasteiger partial charge in [0.1, 0.15) is 0 Å². The van der Waals surface area contributed by atoms with E-state index in [2.05, 4.69) is 12.5 Å². The molecule has 0 fully saturated rings. The molecule has 0 atom stereocenters. The van der Waals surface area contributed by atoms with Crippen LogP contribution in [0, 0.1) is 0 Å². The molecular weight excluding hydrogens is 1640 g/mol. The Morgan fingerprint density at radius 1 is 0.202 bits per heavy atom. The predicted molar refractivity (Wildman–Crippen MR) is 208 cm³/mol. The van der Waals surface area contributed by atoms with Gasteiger partial charge in [0.25, 0.3) is 30.4 Å². The summed E-state index contributed by atoms with van der Waals surface area (Å²) in [7, 11) is -20.7. The summed E-state index contributed by atoms with van der Waals surface area (Å²) >= 11 is 0. The van der Waals surface area contributed by atoms with E-state index in [1.54, 1.807) is 0 Å². The van der Waals surface area contributed by atoms with Gasteiger partial charge in [0, 0.05) is 32.1 Å². The first-order valence-electron chi connectivity index (χ1n) is 22.8. The zero-order valence-electron chi connectivity index (χ0n) is 44.7. The highest BCUT2D eigenvalue weighted by Gasteiger charge is 2.98. The molecule has 0 saturated carbocycles. The normalized spacial score (nSPS) is 16.8. The van der Waals surface area contributed by atoms with Gasteiger partial charge < -0.3 is 0 Å². The molecule has 9 nitrogen and oxygen atoms in total. The first kappa shape index (κ1) is 95.2. The van der Waals surface area contributed by atoms with Crippen molar-refractivity contribution in [3.8, 4) is 0 Å². The highest BCUT2D eigenvalue weighted by atomic mass is 32.2. The summed E-state index contributed by atoms with van der Waals surface area (Å²) in [4.78, 5) is 0. The lowest BCUT2D eigenvalue weighted by Crippen LogP contribution is -2.74. The molecule has 0 aromatic heterocycles. The second-order valence-corrected chi connectivity index (χ2v) is 24.9. The highest BCUT2D eigenvalue weighted by molar-refractivity contribution is 7.87. The maximum atomic E-state index is 14.6. The van der Waals surface area contributed by atoms with Crippen LogP contribution < -0.4 is 0 Å². The molecule has 0 amide bonds. The molecule has 0 rings (SSSR count). The molecule has 0 bridgehead atoms. The second-order valence-electron chi connectivity index (χ2n) is 19.7. The summed E-state index contributed by atoms with van der Waals surface area (Å²) in [6, 6.07) is 0. The van der Waals surface area contributed by atoms with Crippen LogP contribution in [0.1, 0.15) is 39.0 Å². The van der Waals surface area contributed by atoms with Crippen molar-refractivity contribution in [2.24, 2.45) is 0 Å². The number of alkyl halides is 51. The largest absolute Gasteiger partial charge is 0.460 e. The van der Waals surface area contributed by atoms with Crippen molar-refractivity contribution < 1.29 is 262 Å². The molecule has 0 aliphatic rings. The van der Waals surface area contributed by atoms with Gasteiger partial charge in [-0.3, -0.25) is 12.5 Å². The Kier molecular flexibility index (Phi) is 25.0. The Hall–Kier alpha value is -3.84. The minimum Gasteiger partial charge on any atom is -0.270 e. The molecule has 0 unspecified atom stereocenters. The zero-order chi connectivity index (χ0) is 81.2. The molecule has 0 heterocycles. The fraction of sp³-hybridized carbons (Fsp3) is 1.00. The molecule has 0 spiro atoms. The van der Waals surface area contributed by atoms with Crippen molar-refractivity contribution in [3.05, 3.63) is 0 Å². The quantitative estimate of drug-likeness (QED) is 0.0441. The summed E-state index contributed by atoms with van der Waals surface area (Å²) in [5.74, 6) is -197. The molecule has 596 valence electrons. The van der Waals surface area contributed by atoms with Crippen LogP contribution in [0.15, 0.2) is 0 Å². The average molecular weight is 1660 g/mol. The van der Waals surface area contributed by atoms with Gasteiger partial charge in [0.15, 0.2) is 0 Å². The molecule has 0 N–H and O–H groups in total. The van der Waals surface area contributed by atoms with Crippen LogP contribution >= 0.6 is 0 Å². The third-order valence-corrected chi connectivity index (χ3v) is 16.3. The maximum absolute atomic E-state index is 14.6. The number of halogens is 51. The van der Waals surface area contributed by atoms with Crippen LogP contribution in [0.5, 0.6) is 0 Å². The highest BCUT2D eigenvalue weighted by Crippen LogP contribution is 2.68. The third-order valence-electron chi connectivity index (χ3n) is 12.5. The maximum Gasteiger partial charge on any atom is 0.460 e. The van der Waals surface area contributed by atoms with E-state index >= 15 is 0 Å². The van der Waals surface area contributed by atoms with Crippen LogP contribution in [-0.4, -0.2) is 204 Å². The Labute approximate surface area is 510 Å². The molecular formula is C36H23F51O9S3. The number of hydrogen-bond donors (Lipinski definition) is 0. The monoisotopic (exact) mass is 1660 g/mol. The van der Waals surface area contributed by atoms with E-state index in [0.29, 0.717) is 0 Å². The third kappa shape index (κ3) is 15.4. The van der Waals surface area contributed by atoms with Crippen molar-refractivity contribution in [2.45, 2.75) is 188 Å². The Bertz CT molecular complexity index is 3020. The van der Waals surface area contributed by atoms with Gasteiger partial charge in [-0.1, -0.05) is 0 Å². The van der Waals surface area contributed by atoms with Crippen molar-refractivity contribution >= 4 is 30.4 Å². The van der Waals surface area contributed by atoms with Crippen molar-refractivity contribution in [3.63, 3.8) is 0 Å². The number of hydrogen-bond acceptors (Lipinski definition) is 9. The summed E-state index contributed by atoms with van der Waals surface area (Å²) < 4.78 is 781. The van der Waals surface area contributed by atoms with Gasteiger partial charge in [-0.25, -0.2) is 0 Å². The minimum atomic E-state index is -9.40.